The second kappa shape index (κ2) is 2.79. The van der Waals surface area contributed by atoms with Crippen LogP contribution in [0, 0.1) is 0 Å². The van der Waals surface area contributed by atoms with Gasteiger partial charge in [0, 0.05) is 36.4 Å². The second-order valence-corrected chi connectivity index (χ2v) is 3.93. The largest absolute Gasteiger partial charge is 0.456 e. The summed E-state index contributed by atoms with van der Waals surface area (Å²) < 4.78 is 5.72. The minimum Gasteiger partial charge on any atom is -0.456 e. The molecule has 3 rings (SSSR count). The van der Waals surface area contributed by atoms with Gasteiger partial charge in [0.2, 0.25) is 0 Å². The van der Waals surface area contributed by atoms with Crippen LogP contribution in [0.1, 0.15) is 11.3 Å². The van der Waals surface area contributed by atoms with Crippen LogP contribution in [-0.2, 0) is 6.54 Å². The monoisotopic (exact) mass is 200 g/mol. The molecule has 1 aliphatic heterocycles. The van der Waals surface area contributed by atoms with E-state index in [0.717, 1.165) is 29.0 Å². The first-order valence-corrected chi connectivity index (χ1v) is 4.93. The molecule has 1 aliphatic rings. The minimum atomic E-state index is 0.781. The molecular weight excluding hydrogens is 188 g/mol. The van der Waals surface area contributed by atoms with Crippen LogP contribution >= 0.6 is 0 Å². The van der Waals surface area contributed by atoms with E-state index in [9.17, 15) is 0 Å². The van der Waals surface area contributed by atoms with Crippen molar-refractivity contribution < 1.29 is 4.42 Å². The molecule has 0 amide bonds. The van der Waals surface area contributed by atoms with E-state index in [1.54, 1.807) is 0 Å². The van der Waals surface area contributed by atoms with Gasteiger partial charge in [0.25, 0.3) is 0 Å². The fourth-order valence-electron chi connectivity index (χ4n) is 1.98. The van der Waals surface area contributed by atoms with Crippen molar-refractivity contribution in [3.05, 3.63) is 35.7 Å². The number of anilines is 1. The number of fused-ring (bicyclic) bond motifs is 3. The number of hydrogen-bond acceptors (Lipinski definition) is 3. The van der Waals surface area contributed by atoms with Gasteiger partial charge in [0.05, 0.1) is 0 Å². The van der Waals surface area contributed by atoms with Crippen molar-refractivity contribution in [1.29, 1.82) is 0 Å². The first-order chi connectivity index (χ1) is 7.24. The molecule has 0 aliphatic carbocycles. The minimum absolute atomic E-state index is 0.781. The van der Waals surface area contributed by atoms with E-state index >= 15 is 0 Å². The molecule has 3 heteroatoms. The van der Waals surface area contributed by atoms with Gasteiger partial charge in [-0.1, -0.05) is 0 Å². The smallest absolute Gasteiger partial charge is 0.135 e. The van der Waals surface area contributed by atoms with Crippen LogP contribution < -0.4 is 5.73 Å². The zero-order valence-electron chi connectivity index (χ0n) is 8.53. The highest BCUT2D eigenvalue weighted by molar-refractivity contribution is 5.87. The summed E-state index contributed by atoms with van der Waals surface area (Å²) in [4.78, 5) is 2.13. The number of nitrogen functional groups attached to an aromatic ring is 1. The highest BCUT2D eigenvalue weighted by Gasteiger charge is 2.16. The van der Waals surface area contributed by atoms with Gasteiger partial charge in [0.1, 0.15) is 11.3 Å². The van der Waals surface area contributed by atoms with Crippen LogP contribution in [0.15, 0.2) is 28.8 Å². The van der Waals surface area contributed by atoms with Crippen molar-refractivity contribution in [2.45, 2.75) is 6.54 Å². The lowest BCUT2D eigenvalue weighted by Gasteiger charge is -2.17. The Labute approximate surface area is 87.8 Å². The van der Waals surface area contributed by atoms with Crippen molar-refractivity contribution >= 4 is 22.7 Å². The molecule has 0 saturated heterocycles. The molecule has 2 heterocycles. The summed E-state index contributed by atoms with van der Waals surface area (Å²) in [5, 5.41) is 1.13. The van der Waals surface area contributed by atoms with Crippen molar-refractivity contribution in [2.24, 2.45) is 0 Å². The molecule has 1 aromatic carbocycles. The molecule has 2 aromatic rings. The third-order valence-corrected chi connectivity index (χ3v) is 2.73. The maximum Gasteiger partial charge on any atom is 0.135 e. The molecule has 0 radical (unpaired) electrons. The Kier molecular flexibility index (Phi) is 1.57. The number of benzene rings is 1. The molecule has 0 unspecified atom stereocenters. The fourth-order valence-corrected chi connectivity index (χ4v) is 1.98. The Balaban J connectivity index is 2.31. The Morgan fingerprint density at radius 1 is 1.40 bits per heavy atom. The SMILES string of the molecule is CN1C=Cc2oc3ccc(N)cc3c2C1. The van der Waals surface area contributed by atoms with Gasteiger partial charge >= 0.3 is 0 Å². The summed E-state index contributed by atoms with van der Waals surface area (Å²) in [5.41, 5.74) is 8.69. The van der Waals surface area contributed by atoms with E-state index in [1.165, 1.54) is 5.56 Å². The molecule has 0 fully saturated rings. The lowest BCUT2D eigenvalue weighted by atomic mass is 10.1. The second-order valence-electron chi connectivity index (χ2n) is 3.93. The molecule has 0 saturated carbocycles. The predicted molar refractivity (Wildman–Crippen MR) is 61.1 cm³/mol. The van der Waals surface area contributed by atoms with E-state index < -0.39 is 0 Å². The highest BCUT2D eigenvalue weighted by atomic mass is 16.3. The lowest BCUT2D eigenvalue weighted by Crippen LogP contribution is -2.13. The maximum atomic E-state index is 5.78. The molecule has 2 N–H and O–H groups in total. The van der Waals surface area contributed by atoms with E-state index in [2.05, 4.69) is 4.90 Å². The summed E-state index contributed by atoms with van der Waals surface area (Å²) in [7, 11) is 2.05. The van der Waals surface area contributed by atoms with Crippen molar-refractivity contribution in [2.75, 3.05) is 12.8 Å². The Morgan fingerprint density at radius 2 is 2.27 bits per heavy atom. The molecule has 76 valence electrons. The maximum absolute atomic E-state index is 5.78. The fraction of sp³-hybridized carbons (Fsp3) is 0.167. The number of nitrogens with zero attached hydrogens (tertiary/aromatic N) is 1. The van der Waals surface area contributed by atoms with Crippen LogP contribution in [0.3, 0.4) is 0 Å². The lowest BCUT2D eigenvalue weighted by molar-refractivity contribution is 0.439. The molecule has 0 atom stereocenters. The van der Waals surface area contributed by atoms with Crippen molar-refractivity contribution in [1.82, 2.24) is 4.90 Å². The zero-order valence-corrected chi connectivity index (χ0v) is 8.53. The Hall–Kier alpha value is -1.90. The van der Waals surface area contributed by atoms with E-state index in [1.807, 2.05) is 37.5 Å². The van der Waals surface area contributed by atoms with Crippen LogP contribution in [0.4, 0.5) is 5.69 Å². The first-order valence-electron chi connectivity index (χ1n) is 4.93. The van der Waals surface area contributed by atoms with Gasteiger partial charge in [-0.25, -0.2) is 0 Å². The number of nitrogens with two attached hydrogens (primary N) is 1. The number of furan rings is 1. The van der Waals surface area contributed by atoms with Crippen molar-refractivity contribution in [3.8, 4) is 0 Å². The Morgan fingerprint density at radius 3 is 3.13 bits per heavy atom. The van der Waals surface area contributed by atoms with Gasteiger partial charge in [-0.15, -0.1) is 0 Å². The zero-order chi connectivity index (χ0) is 10.4. The van der Waals surface area contributed by atoms with Gasteiger partial charge < -0.3 is 15.1 Å². The number of rotatable bonds is 0. The normalized spacial score (nSPS) is 14.6. The molecule has 15 heavy (non-hydrogen) atoms. The molecule has 1 aromatic heterocycles. The van der Waals surface area contributed by atoms with Crippen LogP contribution in [0.2, 0.25) is 0 Å². The summed E-state index contributed by atoms with van der Waals surface area (Å²) >= 11 is 0. The molecule has 0 bridgehead atoms. The average molecular weight is 200 g/mol. The molecule has 0 spiro atoms. The summed E-state index contributed by atoms with van der Waals surface area (Å²) in [6, 6.07) is 5.77. The summed E-state index contributed by atoms with van der Waals surface area (Å²) in [6.45, 7) is 0.877. The van der Waals surface area contributed by atoms with E-state index in [0.29, 0.717) is 0 Å². The van der Waals surface area contributed by atoms with Crippen molar-refractivity contribution in [3.63, 3.8) is 0 Å². The average Bonchev–Trinajstić information content (AvgIpc) is 2.56. The van der Waals surface area contributed by atoms with Crippen LogP contribution in [0.25, 0.3) is 17.0 Å². The first kappa shape index (κ1) is 8.41. The predicted octanol–water partition coefficient (Wildman–Crippen LogP) is 2.43. The third-order valence-electron chi connectivity index (χ3n) is 2.73. The highest BCUT2D eigenvalue weighted by Crippen LogP contribution is 2.31. The number of hydrogen-bond donors (Lipinski definition) is 1. The van der Waals surface area contributed by atoms with Gasteiger partial charge in [-0.3, -0.25) is 0 Å². The van der Waals surface area contributed by atoms with Crippen LogP contribution in [0.5, 0.6) is 0 Å². The summed E-state index contributed by atoms with van der Waals surface area (Å²) in [6.07, 6.45) is 4.02. The topological polar surface area (TPSA) is 42.4 Å². The summed E-state index contributed by atoms with van der Waals surface area (Å²) in [5.74, 6) is 0.953. The quantitative estimate of drug-likeness (QED) is 0.664. The third kappa shape index (κ3) is 1.20. The van der Waals surface area contributed by atoms with Gasteiger partial charge in [-0.05, 0) is 24.3 Å². The van der Waals surface area contributed by atoms with E-state index in [4.69, 9.17) is 10.2 Å². The van der Waals surface area contributed by atoms with Gasteiger partial charge in [-0.2, -0.15) is 0 Å². The molecular formula is C12H12N2O. The van der Waals surface area contributed by atoms with Crippen LogP contribution in [-0.4, -0.2) is 11.9 Å². The van der Waals surface area contributed by atoms with E-state index in [-0.39, 0.29) is 0 Å². The molecule has 3 nitrogen and oxygen atoms in total. The van der Waals surface area contributed by atoms with Gasteiger partial charge in [0.15, 0.2) is 0 Å². The Bertz CT molecular complexity index is 554. The standard InChI is InChI=1S/C12H12N2O/c1-14-5-4-12-10(7-14)9-6-8(13)2-3-11(9)15-12/h2-6H,7,13H2,1H3.